The third-order valence-corrected chi connectivity index (χ3v) is 2.74. The molecular formula is C15H12N2O2. The van der Waals surface area contributed by atoms with Crippen molar-refractivity contribution in [3.05, 3.63) is 53.2 Å². The van der Waals surface area contributed by atoms with Crippen LogP contribution in [0.25, 0.3) is 11.0 Å². The number of aromatic amines is 1. The predicted octanol–water partition coefficient (Wildman–Crippen LogP) is 2.36. The monoisotopic (exact) mass is 252 g/mol. The Morgan fingerprint density at radius 1 is 1.32 bits per heavy atom. The normalized spacial score (nSPS) is 10.4. The van der Waals surface area contributed by atoms with Crippen molar-refractivity contribution < 1.29 is 9.52 Å². The molecule has 0 fully saturated rings. The molecule has 3 aromatic rings. The fourth-order valence-electron chi connectivity index (χ4n) is 1.85. The molecule has 0 bridgehead atoms. The lowest BCUT2D eigenvalue weighted by Gasteiger charge is -1.89. The summed E-state index contributed by atoms with van der Waals surface area (Å²) in [5.74, 6) is 6.94. The number of fused-ring (bicyclic) bond motifs is 1. The average molecular weight is 252 g/mol. The summed E-state index contributed by atoms with van der Waals surface area (Å²) in [5, 5.41) is 9.94. The van der Waals surface area contributed by atoms with Gasteiger partial charge >= 0.3 is 0 Å². The summed E-state index contributed by atoms with van der Waals surface area (Å²) in [5.41, 5.74) is 2.73. The van der Waals surface area contributed by atoms with Crippen molar-refractivity contribution in [2.45, 2.75) is 13.5 Å². The molecule has 0 aliphatic heterocycles. The van der Waals surface area contributed by atoms with E-state index >= 15 is 0 Å². The minimum atomic E-state index is -0.114. The van der Waals surface area contributed by atoms with E-state index in [2.05, 4.69) is 27.9 Å². The molecule has 3 heterocycles. The molecule has 0 radical (unpaired) electrons. The number of furan rings is 1. The smallest absolute Gasteiger partial charge is 0.177 e. The van der Waals surface area contributed by atoms with Gasteiger partial charge in [-0.15, -0.1) is 0 Å². The highest BCUT2D eigenvalue weighted by Gasteiger charge is 2.00. The van der Waals surface area contributed by atoms with Crippen LogP contribution in [0, 0.1) is 18.8 Å². The summed E-state index contributed by atoms with van der Waals surface area (Å²) in [7, 11) is 0. The first-order chi connectivity index (χ1) is 9.24. The number of aromatic nitrogens is 2. The summed E-state index contributed by atoms with van der Waals surface area (Å²) in [6, 6.07) is 7.46. The van der Waals surface area contributed by atoms with Crippen molar-refractivity contribution >= 4 is 11.0 Å². The van der Waals surface area contributed by atoms with Crippen molar-refractivity contribution in [3.63, 3.8) is 0 Å². The van der Waals surface area contributed by atoms with E-state index in [1.54, 1.807) is 12.1 Å². The third-order valence-electron chi connectivity index (χ3n) is 2.74. The van der Waals surface area contributed by atoms with Crippen molar-refractivity contribution in [2.75, 3.05) is 0 Å². The van der Waals surface area contributed by atoms with Crippen LogP contribution in [0.5, 0.6) is 0 Å². The maximum absolute atomic E-state index is 8.90. The highest BCUT2D eigenvalue weighted by atomic mass is 16.4. The molecule has 0 atom stereocenters. The van der Waals surface area contributed by atoms with Gasteiger partial charge in [0.25, 0.3) is 0 Å². The lowest BCUT2D eigenvalue weighted by Crippen LogP contribution is -1.78. The molecule has 0 aliphatic carbocycles. The molecule has 3 rings (SSSR count). The van der Waals surface area contributed by atoms with Crippen LogP contribution in [0.15, 0.2) is 34.9 Å². The molecule has 94 valence electrons. The highest BCUT2D eigenvalue weighted by Crippen LogP contribution is 2.14. The molecular weight excluding hydrogens is 240 g/mol. The summed E-state index contributed by atoms with van der Waals surface area (Å²) < 4.78 is 5.29. The van der Waals surface area contributed by atoms with E-state index in [1.165, 1.54) is 0 Å². The number of H-pyrrole nitrogens is 1. The number of aryl methyl sites for hydroxylation is 1. The Hall–Kier alpha value is -2.51. The Kier molecular flexibility index (Phi) is 2.82. The zero-order valence-corrected chi connectivity index (χ0v) is 10.4. The maximum atomic E-state index is 8.90. The molecule has 19 heavy (non-hydrogen) atoms. The van der Waals surface area contributed by atoms with Crippen LogP contribution in [0.4, 0.5) is 0 Å². The fourth-order valence-corrected chi connectivity index (χ4v) is 1.85. The second kappa shape index (κ2) is 4.63. The van der Waals surface area contributed by atoms with Crippen molar-refractivity contribution in [2.24, 2.45) is 0 Å². The van der Waals surface area contributed by atoms with Crippen LogP contribution >= 0.6 is 0 Å². The Labute approximate surface area is 110 Å². The first-order valence-corrected chi connectivity index (χ1v) is 5.91. The predicted molar refractivity (Wildman–Crippen MR) is 71.4 cm³/mol. The van der Waals surface area contributed by atoms with Gasteiger partial charge in [-0.3, -0.25) is 0 Å². The number of hydrogen-bond acceptors (Lipinski definition) is 3. The summed E-state index contributed by atoms with van der Waals surface area (Å²) in [4.78, 5) is 7.43. The molecule has 0 saturated heterocycles. The number of pyridine rings is 1. The first-order valence-electron chi connectivity index (χ1n) is 5.91. The zero-order chi connectivity index (χ0) is 13.2. The fraction of sp³-hybridized carbons (Fsp3) is 0.133. The van der Waals surface area contributed by atoms with Crippen LogP contribution in [-0.4, -0.2) is 15.1 Å². The van der Waals surface area contributed by atoms with Gasteiger partial charge < -0.3 is 14.5 Å². The molecule has 4 heteroatoms. The largest absolute Gasteiger partial charge is 0.450 e. The van der Waals surface area contributed by atoms with Crippen LogP contribution < -0.4 is 0 Å². The van der Waals surface area contributed by atoms with Crippen molar-refractivity contribution in [1.82, 2.24) is 9.97 Å². The zero-order valence-electron chi connectivity index (χ0n) is 10.4. The highest BCUT2D eigenvalue weighted by molar-refractivity contribution is 5.78. The molecule has 2 N–H and O–H groups in total. The molecule has 0 spiro atoms. The summed E-state index contributed by atoms with van der Waals surface area (Å²) in [6.07, 6.45) is 1.82. The van der Waals surface area contributed by atoms with E-state index in [9.17, 15) is 0 Å². The van der Waals surface area contributed by atoms with Gasteiger partial charge in [0, 0.05) is 11.6 Å². The SMILES string of the molecule is Cc1cnc2[nH]c(C#Cc3ccc(CO)o3)cc2c1. The number of aliphatic hydroxyl groups excluding tert-OH is 1. The molecule has 0 amide bonds. The van der Waals surface area contributed by atoms with Gasteiger partial charge in [-0.2, -0.15) is 0 Å². The van der Waals surface area contributed by atoms with Gasteiger partial charge in [0.1, 0.15) is 18.0 Å². The summed E-state index contributed by atoms with van der Waals surface area (Å²) in [6.45, 7) is 1.89. The first kappa shape index (κ1) is 11.6. The topological polar surface area (TPSA) is 62.0 Å². The van der Waals surface area contributed by atoms with Gasteiger partial charge in [0.05, 0.1) is 5.69 Å². The molecule has 0 aromatic carbocycles. The Balaban J connectivity index is 1.93. The second-order valence-corrected chi connectivity index (χ2v) is 4.31. The maximum Gasteiger partial charge on any atom is 0.177 e. The van der Waals surface area contributed by atoms with Gasteiger partial charge in [0.2, 0.25) is 0 Å². The van der Waals surface area contributed by atoms with Gasteiger partial charge in [-0.25, -0.2) is 4.98 Å². The van der Waals surface area contributed by atoms with Crippen LogP contribution in [0.2, 0.25) is 0 Å². The number of rotatable bonds is 1. The Bertz CT molecular complexity index is 787. The van der Waals surface area contributed by atoms with Gasteiger partial charge in [0.15, 0.2) is 5.76 Å². The van der Waals surface area contributed by atoms with E-state index < -0.39 is 0 Å². The second-order valence-electron chi connectivity index (χ2n) is 4.31. The molecule has 0 saturated carbocycles. The Morgan fingerprint density at radius 3 is 3.00 bits per heavy atom. The van der Waals surface area contributed by atoms with Gasteiger partial charge in [-0.1, -0.05) is 0 Å². The van der Waals surface area contributed by atoms with Crippen molar-refractivity contribution in [3.8, 4) is 11.8 Å². The molecule has 0 unspecified atom stereocenters. The van der Waals surface area contributed by atoms with Crippen LogP contribution in [-0.2, 0) is 6.61 Å². The van der Waals surface area contributed by atoms with E-state index in [-0.39, 0.29) is 6.61 Å². The number of nitrogens with one attached hydrogen (secondary N) is 1. The summed E-state index contributed by atoms with van der Waals surface area (Å²) >= 11 is 0. The van der Waals surface area contributed by atoms with E-state index in [0.29, 0.717) is 11.5 Å². The average Bonchev–Trinajstić information content (AvgIpc) is 3.01. The molecule has 0 aliphatic rings. The number of aliphatic hydroxyl groups is 1. The minimum absolute atomic E-state index is 0.114. The van der Waals surface area contributed by atoms with Crippen molar-refractivity contribution in [1.29, 1.82) is 0 Å². The van der Waals surface area contributed by atoms with Gasteiger partial charge in [-0.05, 0) is 48.6 Å². The molecule has 3 aromatic heterocycles. The number of hydrogen-bond donors (Lipinski definition) is 2. The van der Waals surface area contributed by atoms with E-state index in [1.807, 2.05) is 19.2 Å². The third kappa shape index (κ3) is 2.37. The lowest BCUT2D eigenvalue weighted by atomic mass is 10.2. The quantitative estimate of drug-likeness (QED) is 0.653. The van der Waals surface area contributed by atoms with E-state index in [4.69, 9.17) is 9.52 Å². The minimum Gasteiger partial charge on any atom is -0.450 e. The Morgan fingerprint density at radius 2 is 2.21 bits per heavy atom. The number of nitrogens with zero attached hydrogens (tertiary/aromatic N) is 1. The standard InChI is InChI=1S/C15H12N2O2/c1-10-6-11-7-12(17-15(11)16-8-10)2-3-13-4-5-14(9-18)19-13/h4-8,18H,9H2,1H3,(H,16,17). The molecule has 4 nitrogen and oxygen atoms in total. The van der Waals surface area contributed by atoms with Crippen LogP contribution in [0.3, 0.4) is 0 Å². The van der Waals surface area contributed by atoms with Crippen LogP contribution in [0.1, 0.15) is 22.8 Å². The van der Waals surface area contributed by atoms with E-state index in [0.717, 1.165) is 22.3 Å². The lowest BCUT2D eigenvalue weighted by molar-refractivity contribution is 0.246.